The van der Waals surface area contributed by atoms with Crippen LogP contribution in [0.4, 0.5) is 10.5 Å². The molecule has 0 radical (unpaired) electrons. The molecule has 9 nitrogen and oxygen atoms in total. The van der Waals surface area contributed by atoms with Gasteiger partial charge in [-0.15, -0.1) is 0 Å². The average Bonchev–Trinajstić information content (AvgIpc) is 2.83. The summed E-state index contributed by atoms with van der Waals surface area (Å²) in [6.07, 6.45) is 1.37. The Balaban J connectivity index is 1.63. The fraction of sp³-hybridized carbons (Fsp3) is 0.412. The maximum absolute atomic E-state index is 12.2. The number of carbonyl (C=O) groups is 4. The number of unbranched alkanes of at least 4 members (excludes halogenated alkanes) is 1. The quantitative estimate of drug-likeness (QED) is 0.598. The molecule has 2 heterocycles. The molecule has 3 rings (SSSR count). The van der Waals surface area contributed by atoms with Gasteiger partial charge in [-0.05, 0) is 18.6 Å². The lowest BCUT2D eigenvalue weighted by atomic mass is 10.2. The summed E-state index contributed by atoms with van der Waals surface area (Å²) >= 11 is 0. The minimum absolute atomic E-state index is 0.167. The summed E-state index contributed by atoms with van der Waals surface area (Å²) in [5.41, 5.74) is 0.438. The van der Waals surface area contributed by atoms with E-state index in [0.29, 0.717) is 41.7 Å². The largest absolute Gasteiger partial charge is 0.486 e. The van der Waals surface area contributed by atoms with Gasteiger partial charge in [0.1, 0.15) is 19.8 Å². The zero-order valence-corrected chi connectivity index (χ0v) is 14.3. The molecular weight excluding hydrogens is 342 g/mol. The summed E-state index contributed by atoms with van der Waals surface area (Å²) in [6.45, 7) is 2.42. The van der Waals surface area contributed by atoms with Crippen LogP contribution in [0.3, 0.4) is 0 Å². The normalized spacial score (nSPS) is 16.3. The van der Waals surface area contributed by atoms with Gasteiger partial charge in [0.25, 0.3) is 0 Å². The number of hydrogen-bond donors (Lipinski definition) is 1. The number of amides is 5. The lowest BCUT2D eigenvalue weighted by molar-refractivity contribution is -0.143. The van der Waals surface area contributed by atoms with Crippen LogP contribution in [0, 0.1) is 0 Å². The molecule has 1 fully saturated rings. The van der Waals surface area contributed by atoms with Crippen molar-refractivity contribution in [2.75, 3.05) is 31.6 Å². The third-order valence-corrected chi connectivity index (χ3v) is 4.00. The monoisotopic (exact) mass is 361 g/mol. The molecule has 1 saturated heterocycles. The Kier molecular flexibility index (Phi) is 5.06. The van der Waals surface area contributed by atoms with Crippen LogP contribution in [-0.4, -0.2) is 59.9 Å². The number of nitrogens with zero attached hydrogens (tertiary/aromatic N) is 2. The van der Waals surface area contributed by atoms with Crippen molar-refractivity contribution in [1.29, 1.82) is 0 Å². The molecule has 26 heavy (non-hydrogen) atoms. The molecular formula is C17H19N3O6. The Morgan fingerprint density at radius 3 is 2.50 bits per heavy atom. The molecule has 1 aromatic carbocycles. The lowest BCUT2D eigenvalue weighted by Gasteiger charge is -2.19. The molecule has 0 saturated carbocycles. The van der Waals surface area contributed by atoms with E-state index in [1.54, 1.807) is 18.2 Å². The topological polar surface area (TPSA) is 105 Å². The first kappa shape index (κ1) is 17.7. The fourth-order valence-corrected chi connectivity index (χ4v) is 2.67. The van der Waals surface area contributed by atoms with Gasteiger partial charge in [0, 0.05) is 18.3 Å². The predicted octanol–water partition coefficient (Wildman–Crippen LogP) is 0.987. The standard InChI is InChI=1S/C17H19N3O6/c1-2-3-6-19-15(22)16(23)20(17(19)24)10-14(21)18-11-4-5-12-13(9-11)26-8-7-25-12/h4-5,9H,2-3,6-8,10H2,1H3,(H,18,21). The summed E-state index contributed by atoms with van der Waals surface area (Å²) in [5, 5.41) is 2.58. The van der Waals surface area contributed by atoms with Crippen LogP contribution in [0.5, 0.6) is 11.5 Å². The zero-order valence-electron chi connectivity index (χ0n) is 14.3. The average molecular weight is 361 g/mol. The summed E-state index contributed by atoms with van der Waals surface area (Å²) in [4.78, 5) is 49.8. The van der Waals surface area contributed by atoms with Gasteiger partial charge < -0.3 is 14.8 Å². The Morgan fingerprint density at radius 1 is 1.08 bits per heavy atom. The van der Waals surface area contributed by atoms with Crippen molar-refractivity contribution in [3.05, 3.63) is 18.2 Å². The minimum Gasteiger partial charge on any atom is -0.486 e. The van der Waals surface area contributed by atoms with Crippen LogP contribution in [0.1, 0.15) is 19.8 Å². The van der Waals surface area contributed by atoms with Gasteiger partial charge >= 0.3 is 17.8 Å². The highest BCUT2D eigenvalue weighted by atomic mass is 16.6. The Bertz CT molecular complexity index is 763. The lowest BCUT2D eigenvalue weighted by Crippen LogP contribution is -2.39. The molecule has 0 aromatic heterocycles. The highest BCUT2D eigenvalue weighted by Crippen LogP contribution is 2.32. The minimum atomic E-state index is -0.983. The van der Waals surface area contributed by atoms with Gasteiger partial charge in [-0.25, -0.2) is 9.69 Å². The molecule has 138 valence electrons. The molecule has 0 unspecified atom stereocenters. The van der Waals surface area contributed by atoms with Gasteiger partial charge in [0.15, 0.2) is 11.5 Å². The molecule has 0 spiro atoms. The number of nitrogens with one attached hydrogen (secondary N) is 1. The second kappa shape index (κ2) is 7.42. The van der Waals surface area contributed by atoms with Crippen LogP contribution in [0.2, 0.25) is 0 Å². The summed E-state index contributed by atoms with van der Waals surface area (Å²) in [6, 6.07) is 4.12. The highest BCUT2D eigenvalue weighted by molar-refractivity contribution is 6.45. The van der Waals surface area contributed by atoms with E-state index < -0.39 is 30.3 Å². The molecule has 0 bridgehead atoms. The predicted molar refractivity (Wildman–Crippen MR) is 89.8 cm³/mol. The number of imide groups is 2. The van der Waals surface area contributed by atoms with Crippen molar-refractivity contribution >= 4 is 29.4 Å². The van der Waals surface area contributed by atoms with Gasteiger partial charge in [-0.3, -0.25) is 19.3 Å². The Labute approximate surface area is 149 Å². The van der Waals surface area contributed by atoms with E-state index in [1.165, 1.54) is 0 Å². The van der Waals surface area contributed by atoms with E-state index in [1.807, 2.05) is 6.92 Å². The fourth-order valence-electron chi connectivity index (χ4n) is 2.67. The van der Waals surface area contributed by atoms with E-state index in [9.17, 15) is 19.2 Å². The van der Waals surface area contributed by atoms with Crippen molar-refractivity contribution in [1.82, 2.24) is 9.80 Å². The number of fused-ring (bicyclic) bond motifs is 1. The van der Waals surface area contributed by atoms with Crippen LogP contribution in [-0.2, 0) is 14.4 Å². The Morgan fingerprint density at radius 2 is 1.77 bits per heavy atom. The molecule has 2 aliphatic rings. The molecule has 0 aliphatic carbocycles. The third-order valence-electron chi connectivity index (χ3n) is 4.00. The first-order valence-electron chi connectivity index (χ1n) is 8.38. The summed E-state index contributed by atoms with van der Waals surface area (Å²) in [7, 11) is 0. The van der Waals surface area contributed by atoms with E-state index in [0.717, 1.165) is 11.3 Å². The highest BCUT2D eigenvalue weighted by Gasteiger charge is 2.44. The van der Waals surface area contributed by atoms with Gasteiger partial charge in [-0.1, -0.05) is 13.3 Å². The second-order valence-electron chi connectivity index (χ2n) is 5.89. The van der Waals surface area contributed by atoms with E-state index in [2.05, 4.69) is 5.32 Å². The number of rotatable bonds is 6. The van der Waals surface area contributed by atoms with Crippen LogP contribution in [0.25, 0.3) is 0 Å². The number of benzene rings is 1. The van der Waals surface area contributed by atoms with Crippen molar-refractivity contribution in [3.8, 4) is 11.5 Å². The third kappa shape index (κ3) is 3.46. The molecule has 2 aliphatic heterocycles. The van der Waals surface area contributed by atoms with Gasteiger partial charge in [0.2, 0.25) is 5.91 Å². The molecule has 5 amide bonds. The smallest absolute Gasteiger partial charge is 0.334 e. The zero-order chi connectivity index (χ0) is 18.7. The van der Waals surface area contributed by atoms with Crippen molar-refractivity contribution in [2.45, 2.75) is 19.8 Å². The van der Waals surface area contributed by atoms with E-state index in [4.69, 9.17) is 9.47 Å². The summed E-state index contributed by atoms with van der Waals surface area (Å²) < 4.78 is 10.8. The number of ether oxygens (including phenoxy) is 2. The van der Waals surface area contributed by atoms with Gasteiger partial charge in [-0.2, -0.15) is 0 Å². The SMILES string of the molecule is CCCCN1C(=O)C(=O)N(CC(=O)Nc2ccc3c(c2)OCCO3)C1=O. The Hall–Kier alpha value is -3.10. The number of anilines is 1. The molecule has 1 aromatic rings. The molecule has 0 atom stereocenters. The van der Waals surface area contributed by atoms with Gasteiger partial charge in [0.05, 0.1) is 0 Å². The van der Waals surface area contributed by atoms with Crippen molar-refractivity contribution < 1.29 is 28.7 Å². The second-order valence-corrected chi connectivity index (χ2v) is 5.89. The van der Waals surface area contributed by atoms with E-state index >= 15 is 0 Å². The van der Waals surface area contributed by atoms with Crippen molar-refractivity contribution in [3.63, 3.8) is 0 Å². The maximum Gasteiger partial charge on any atom is 0.334 e. The van der Waals surface area contributed by atoms with Crippen LogP contribution in [0.15, 0.2) is 18.2 Å². The number of hydrogen-bond acceptors (Lipinski definition) is 6. The first-order valence-corrected chi connectivity index (χ1v) is 8.38. The molecule has 9 heteroatoms. The van der Waals surface area contributed by atoms with Crippen LogP contribution >= 0.6 is 0 Å². The number of urea groups is 1. The summed E-state index contributed by atoms with van der Waals surface area (Å²) in [5.74, 6) is -1.38. The van der Waals surface area contributed by atoms with Crippen molar-refractivity contribution in [2.24, 2.45) is 0 Å². The first-order chi connectivity index (χ1) is 12.5. The number of carbonyl (C=O) groups excluding carboxylic acids is 4. The van der Waals surface area contributed by atoms with E-state index in [-0.39, 0.29) is 6.54 Å². The molecule has 1 N–H and O–H groups in total. The maximum atomic E-state index is 12.2. The van der Waals surface area contributed by atoms with Crippen LogP contribution < -0.4 is 14.8 Å².